The fraction of sp³-hybridized carbons (Fsp3) is 0.836. The smallest absolute Gasteiger partial charge is 0.343 e. The summed E-state index contributed by atoms with van der Waals surface area (Å²) in [5, 5.41) is 11.4. The molecule has 530 valence electrons. The highest BCUT2D eigenvalue weighted by molar-refractivity contribution is 5.99. The van der Waals surface area contributed by atoms with Gasteiger partial charge in [0, 0.05) is 61.8 Å². The molecular weight excluding hydrogens is 1210 g/mol. The third-order valence-corrected chi connectivity index (χ3v) is 20.1. The number of carbonyl (C=O) groups excluding carboxylic acids is 11. The summed E-state index contributed by atoms with van der Waals surface area (Å²) in [7, 11) is 10.0. The van der Waals surface area contributed by atoms with E-state index in [-0.39, 0.29) is 87.9 Å². The molecular formula is C67H113F4N11O11. The van der Waals surface area contributed by atoms with Crippen molar-refractivity contribution >= 4 is 65.0 Å². The molecule has 0 aromatic rings. The molecule has 4 N–H and O–H groups in total. The first-order valence-electron chi connectivity index (χ1n) is 34.1. The van der Waals surface area contributed by atoms with Crippen LogP contribution in [0.5, 0.6) is 0 Å². The van der Waals surface area contributed by atoms with Gasteiger partial charge in [0.1, 0.15) is 48.0 Å². The van der Waals surface area contributed by atoms with Crippen molar-refractivity contribution in [3.8, 4) is 0 Å². The molecule has 1 aliphatic heterocycles. The number of amides is 11. The van der Waals surface area contributed by atoms with E-state index in [1.54, 1.807) is 13.8 Å². The fourth-order valence-electron chi connectivity index (χ4n) is 13.7. The summed E-state index contributed by atoms with van der Waals surface area (Å²) in [6.45, 7) is 14.8. The van der Waals surface area contributed by atoms with Crippen molar-refractivity contribution in [2.24, 2.45) is 41.4 Å². The number of hydrogen-bond acceptors (Lipinski definition) is 11. The van der Waals surface area contributed by atoms with Crippen LogP contribution in [0.15, 0.2) is 0 Å². The number of alkyl halides is 4. The molecule has 1 saturated heterocycles. The topological polar surface area (TPSA) is 259 Å². The molecule has 4 fully saturated rings. The molecule has 3 aliphatic carbocycles. The standard InChI is InChI=1S/C67H113F4N11O11/c1-17-43(8)58-64(92)78(12)38-56(85)76(10)39-57(86)81(15)53(36-45-23-19-18-20-24-45)63(91)77(11)37-54(83)72-49(28-26-46-25-27-47(48(68)35-46)67(69,70)71)59(87)73-51(32-41(4)5)62(90)82(16)66(29-21-22-30-66)65(93)74-50(31-40(2)3)61(89)79(13)44(9)34-55(84)80(14)52(33-42(6)7)60(88)75-58/h40-53,58H,17-39H2,1-16H3,(H,72,83)(H,73,87)(H,74,93)(H,75,88)/t43-,44+,46?,47?,48?,49-,50-,51-,52-,53-,58-/m0/s1. The van der Waals surface area contributed by atoms with E-state index in [2.05, 4.69) is 21.3 Å². The Hall–Kier alpha value is -6.11. The second-order valence-electron chi connectivity index (χ2n) is 28.9. The molecule has 4 rings (SSSR count). The molecule has 1 heterocycles. The first kappa shape index (κ1) is 79.3. The molecule has 1 spiro atoms. The maximum atomic E-state index is 15.2. The van der Waals surface area contributed by atoms with Crippen LogP contribution >= 0.6 is 0 Å². The predicted molar refractivity (Wildman–Crippen MR) is 345 cm³/mol. The van der Waals surface area contributed by atoms with Crippen LogP contribution in [0.25, 0.3) is 0 Å². The Morgan fingerprint density at radius 2 is 1.08 bits per heavy atom. The highest BCUT2D eigenvalue weighted by Crippen LogP contribution is 2.43. The van der Waals surface area contributed by atoms with Gasteiger partial charge in [0.05, 0.1) is 25.6 Å². The summed E-state index contributed by atoms with van der Waals surface area (Å²) in [6, 6.07) is -7.99. The van der Waals surface area contributed by atoms with Crippen molar-refractivity contribution in [2.75, 3.05) is 69.0 Å². The summed E-state index contributed by atoms with van der Waals surface area (Å²) in [5.74, 6) is -10.7. The van der Waals surface area contributed by atoms with Crippen LogP contribution in [-0.2, 0) is 52.7 Å². The minimum Gasteiger partial charge on any atom is -0.343 e. The van der Waals surface area contributed by atoms with Gasteiger partial charge in [0.25, 0.3) is 0 Å². The van der Waals surface area contributed by atoms with Gasteiger partial charge in [-0.3, -0.25) is 52.7 Å². The van der Waals surface area contributed by atoms with Crippen molar-refractivity contribution in [1.82, 2.24) is 55.6 Å². The van der Waals surface area contributed by atoms with Crippen LogP contribution in [0.3, 0.4) is 0 Å². The summed E-state index contributed by atoms with van der Waals surface area (Å²) in [4.78, 5) is 169. The summed E-state index contributed by atoms with van der Waals surface area (Å²) in [5.41, 5.74) is -1.50. The number of likely N-dealkylation sites (N-methyl/N-ethyl adjacent to an activating group) is 7. The Kier molecular flexibility index (Phi) is 30.4. The molecule has 0 bridgehead atoms. The predicted octanol–water partition coefficient (Wildman–Crippen LogP) is 6.23. The number of halogens is 4. The molecule has 3 saturated carbocycles. The zero-order chi connectivity index (χ0) is 70.1. The van der Waals surface area contributed by atoms with E-state index in [0.29, 0.717) is 19.3 Å². The van der Waals surface area contributed by atoms with Crippen LogP contribution in [0.4, 0.5) is 17.6 Å². The summed E-state index contributed by atoms with van der Waals surface area (Å²) >= 11 is 0. The molecule has 11 amide bonds. The van der Waals surface area contributed by atoms with Crippen molar-refractivity contribution < 1.29 is 70.3 Å². The Morgan fingerprint density at radius 3 is 1.62 bits per heavy atom. The number of hydrogen-bond donors (Lipinski definition) is 4. The maximum Gasteiger partial charge on any atom is 0.394 e. The van der Waals surface area contributed by atoms with E-state index < -0.39 is 175 Å². The van der Waals surface area contributed by atoms with Gasteiger partial charge in [-0.2, -0.15) is 13.2 Å². The monoisotopic (exact) mass is 1320 g/mol. The van der Waals surface area contributed by atoms with Crippen molar-refractivity contribution in [2.45, 2.75) is 251 Å². The molecule has 3 unspecified atom stereocenters. The summed E-state index contributed by atoms with van der Waals surface area (Å²) < 4.78 is 56.5. The normalized spacial score (nSPS) is 28.8. The fourth-order valence-corrected chi connectivity index (χ4v) is 13.7. The van der Waals surface area contributed by atoms with Gasteiger partial charge in [-0.05, 0) is 113 Å². The van der Waals surface area contributed by atoms with Gasteiger partial charge < -0.3 is 55.6 Å². The van der Waals surface area contributed by atoms with Gasteiger partial charge in [-0.25, -0.2) is 4.39 Å². The third kappa shape index (κ3) is 22.2. The Labute approximate surface area is 550 Å². The second kappa shape index (κ2) is 35.6. The zero-order valence-corrected chi connectivity index (χ0v) is 58.6. The Bertz CT molecular complexity index is 2580. The van der Waals surface area contributed by atoms with E-state index in [1.807, 2.05) is 48.5 Å². The lowest BCUT2D eigenvalue weighted by Crippen LogP contribution is -2.64. The number of rotatable bonds is 13. The minimum atomic E-state index is -4.75. The van der Waals surface area contributed by atoms with E-state index in [4.69, 9.17) is 0 Å². The highest BCUT2D eigenvalue weighted by Gasteiger charge is 2.51. The van der Waals surface area contributed by atoms with Crippen LogP contribution in [0.1, 0.15) is 191 Å². The lowest BCUT2D eigenvalue weighted by atomic mass is 9.78. The maximum absolute atomic E-state index is 15.2. The largest absolute Gasteiger partial charge is 0.394 e. The lowest BCUT2D eigenvalue weighted by Gasteiger charge is -2.41. The molecule has 22 nitrogen and oxygen atoms in total. The number of carbonyl (C=O) groups is 11. The second-order valence-corrected chi connectivity index (χ2v) is 28.9. The van der Waals surface area contributed by atoms with E-state index in [9.17, 15) is 56.3 Å². The van der Waals surface area contributed by atoms with Crippen LogP contribution in [0, 0.1) is 41.4 Å². The average Bonchev–Trinajstić information content (AvgIpc) is 1.93. The third-order valence-electron chi connectivity index (χ3n) is 20.1. The first-order valence-corrected chi connectivity index (χ1v) is 34.1. The van der Waals surface area contributed by atoms with E-state index in [1.165, 1.54) is 68.9 Å². The lowest BCUT2D eigenvalue weighted by molar-refractivity contribution is -0.201. The average molecular weight is 1320 g/mol. The zero-order valence-electron chi connectivity index (χ0n) is 58.6. The SMILES string of the molecule is CC[C@H](C)[C@@H]1NC(=O)[C@H](CC(C)C)N(C)C(=O)C[C@@H](C)N(C)C(=O)[C@H](CC(C)C)NC(=O)C2(CCCC2)N(C)C(=O)[C@H](CC(C)C)NC(=O)[C@H](CCC2CCC(C(F)(F)F)C(F)C2)NC(=O)CN(C)C(=O)[C@H](CC2CCCCC2)N(C)C(=O)CN(C)C(=O)CN(C)C1=O. The first-order chi connectivity index (χ1) is 43.3. The molecule has 4 aliphatic rings. The molecule has 0 aromatic heterocycles. The molecule has 0 aromatic carbocycles. The van der Waals surface area contributed by atoms with E-state index >= 15 is 14.0 Å². The number of nitrogens with zero attached hydrogens (tertiary/aromatic N) is 7. The molecule has 93 heavy (non-hydrogen) atoms. The van der Waals surface area contributed by atoms with Crippen molar-refractivity contribution in [3.63, 3.8) is 0 Å². The van der Waals surface area contributed by atoms with E-state index in [0.717, 1.165) is 46.8 Å². The van der Waals surface area contributed by atoms with Gasteiger partial charge in [-0.15, -0.1) is 0 Å². The number of nitrogens with one attached hydrogen (secondary N) is 4. The molecule has 0 radical (unpaired) electrons. The van der Waals surface area contributed by atoms with Gasteiger partial charge in [0.2, 0.25) is 65.0 Å². The quantitative estimate of drug-likeness (QED) is 0.150. The summed E-state index contributed by atoms with van der Waals surface area (Å²) in [6.07, 6.45) is -1.36. The van der Waals surface area contributed by atoms with Crippen LogP contribution < -0.4 is 21.3 Å². The van der Waals surface area contributed by atoms with Crippen molar-refractivity contribution in [1.29, 1.82) is 0 Å². The molecule has 11 atom stereocenters. The Balaban J connectivity index is 1.83. The van der Waals surface area contributed by atoms with Crippen LogP contribution in [0.2, 0.25) is 0 Å². The minimum absolute atomic E-state index is 0.00231. The molecule has 26 heteroatoms. The Morgan fingerprint density at radius 1 is 0.527 bits per heavy atom. The van der Waals surface area contributed by atoms with Crippen molar-refractivity contribution in [3.05, 3.63) is 0 Å². The van der Waals surface area contributed by atoms with Crippen LogP contribution in [-0.4, -0.2) is 228 Å². The van der Waals surface area contributed by atoms with Gasteiger partial charge in [-0.1, -0.05) is 107 Å². The highest BCUT2D eigenvalue weighted by atomic mass is 19.4. The van der Waals surface area contributed by atoms with Gasteiger partial charge >= 0.3 is 6.18 Å². The van der Waals surface area contributed by atoms with Gasteiger partial charge in [0.15, 0.2) is 0 Å².